The predicted octanol–water partition coefficient (Wildman–Crippen LogP) is 1.29. The second kappa shape index (κ2) is 8.48. The summed E-state index contributed by atoms with van der Waals surface area (Å²) in [6.45, 7) is 10.2. The van der Waals surface area contributed by atoms with Gasteiger partial charge >= 0.3 is 0 Å². The lowest BCUT2D eigenvalue weighted by molar-refractivity contribution is 0.0766. The zero-order valence-corrected chi connectivity index (χ0v) is 16.6. The third-order valence-electron chi connectivity index (χ3n) is 6.25. The number of hydrogen-bond acceptors (Lipinski definition) is 4. The van der Waals surface area contributed by atoms with Gasteiger partial charge in [0.2, 0.25) is 0 Å². The van der Waals surface area contributed by atoms with Crippen molar-refractivity contribution in [2.24, 2.45) is 17.8 Å². The average molecular weight is 378 g/mol. The van der Waals surface area contributed by atoms with E-state index in [0.29, 0.717) is 0 Å². The third-order valence-corrected chi connectivity index (χ3v) is 7.35. The predicted molar refractivity (Wildman–Crippen MR) is 105 cm³/mol. The Hall–Kier alpha value is -0.790. The number of hydrogen-bond donors (Lipinski definition) is 0. The number of fused-ring (bicyclic) bond motifs is 1. The third kappa shape index (κ3) is 4.54. The maximum Gasteiger partial charge on any atom is 0.0911 e. The van der Waals surface area contributed by atoms with E-state index in [1.165, 1.54) is 18.7 Å². The topological polar surface area (TPSA) is 36.0 Å². The zero-order valence-electron chi connectivity index (χ0n) is 15.8. The van der Waals surface area contributed by atoms with Crippen molar-refractivity contribution in [2.75, 3.05) is 65.3 Å². The second-order valence-electron chi connectivity index (χ2n) is 7.94. The Morgan fingerprint density at radius 1 is 1.04 bits per heavy atom. The molecule has 144 valence electrons. The molecule has 1 aromatic rings. The summed E-state index contributed by atoms with van der Waals surface area (Å²) in [4.78, 5) is 5.02. The lowest BCUT2D eigenvalue weighted by Crippen LogP contribution is -2.47. The van der Waals surface area contributed by atoms with E-state index >= 15 is 0 Å². The van der Waals surface area contributed by atoms with Gasteiger partial charge in [0.25, 0.3) is 0 Å². The number of ether oxygens (including phenoxy) is 1. The molecule has 1 aliphatic carbocycles. The molecule has 0 bridgehead atoms. The summed E-state index contributed by atoms with van der Waals surface area (Å²) < 4.78 is 19.5. The molecule has 6 heteroatoms. The van der Waals surface area contributed by atoms with Crippen molar-refractivity contribution in [1.82, 2.24) is 14.1 Å². The van der Waals surface area contributed by atoms with E-state index in [4.69, 9.17) is 4.74 Å². The Morgan fingerprint density at radius 2 is 1.73 bits per heavy atom. The van der Waals surface area contributed by atoms with Crippen LogP contribution < -0.4 is 0 Å². The van der Waals surface area contributed by atoms with Crippen LogP contribution in [0.15, 0.2) is 30.3 Å². The minimum absolute atomic E-state index is 0.793. The largest absolute Gasteiger partial charge is 0.380 e. The summed E-state index contributed by atoms with van der Waals surface area (Å²) in [5.74, 6) is 2.52. The first-order valence-electron chi connectivity index (χ1n) is 9.85. The molecule has 2 aliphatic heterocycles. The molecule has 5 nitrogen and oxygen atoms in total. The van der Waals surface area contributed by atoms with Gasteiger partial charge < -0.3 is 4.74 Å². The monoisotopic (exact) mass is 377 g/mol. The fourth-order valence-electron chi connectivity index (χ4n) is 4.58. The van der Waals surface area contributed by atoms with Gasteiger partial charge in [-0.05, 0) is 23.3 Å². The molecule has 0 aromatic heterocycles. The molecule has 1 saturated carbocycles. The van der Waals surface area contributed by atoms with Gasteiger partial charge in [-0.1, -0.05) is 30.3 Å². The average Bonchev–Trinajstić information content (AvgIpc) is 3.10. The molecule has 3 atom stereocenters. The second-order valence-corrected chi connectivity index (χ2v) is 9.30. The SMILES string of the molecule is CS(=O)N1CCN(CCOCC2C3CN(Cc4ccccc4)CC23)CC1. The number of piperidine rings is 1. The summed E-state index contributed by atoms with van der Waals surface area (Å²) in [5.41, 5.74) is 1.42. The van der Waals surface area contributed by atoms with Crippen LogP contribution in [-0.4, -0.2) is 83.6 Å². The van der Waals surface area contributed by atoms with Crippen LogP contribution in [0.2, 0.25) is 0 Å². The smallest absolute Gasteiger partial charge is 0.0911 e. The Labute approximate surface area is 159 Å². The molecule has 2 heterocycles. The van der Waals surface area contributed by atoms with Crippen molar-refractivity contribution < 1.29 is 8.95 Å². The van der Waals surface area contributed by atoms with Crippen molar-refractivity contribution in [3.05, 3.63) is 35.9 Å². The summed E-state index contributed by atoms with van der Waals surface area (Å²) in [7, 11) is -0.820. The van der Waals surface area contributed by atoms with Gasteiger partial charge in [-0.3, -0.25) is 9.80 Å². The normalized spacial score (nSPS) is 31.0. The highest BCUT2D eigenvalue weighted by Gasteiger charge is 2.55. The van der Waals surface area contributed by atoms with Gasteiger partial charge in [-0.15, -0.1) is 0 Å². The van der Waals surface area contributed by atoms with Crippen LogP contribution in [0.25, 0.3) is 0 Å². The number of piperazine rings is 1. The summed E-state index contributed by atoms with van der Waals surface area (Å²) in [6.07, 6.45) is 1.77. The minimum atomic E-state index is -0.820. The van der Waals surface area contributed by atoms with Gasteiger partial charge in [0.15, 0.2) is 0 Å². The van der Waals surface area contributed by atoms with Crippen LogP contribution in [-0.2, 0) is 22.3 Å². The molecule has 3 fully saturated rings. The first kappa shape index (κ1) is 18.6. The van der Waals surface area contributed by atoms with E-state index in [2.05, 4.69) is 40.1 Å². The van der Waals surface area contributed by atoms with Crippen LogP contribution in [0, 0.1) is 17.8 Å². The fraction of sp³-hybridized carbons (Fsp3) is 0.700. The zero-order chi connectivity index (χ0) is 17.9. The van der Waals surface area contributed by atoms with Crippen LogP contribution in [0.5, 0.6) is 0 Å². The first-order chi connectivity index (χ1) is 12.7. The molecular formula is C20H31N3O2S. The molecule has 4 rings (SSSR count). The lowest BCUT2D eigenvalue weighted by Gasteiger charge is -2.32. The maximum absolute atomic E-state index is 11.5. The maximum atomic E-state index is 11.5. The van der Waals surface area contributed by atoms with Gasteiger partial charge in [0, 0.05) is 58.6 Å². The van der Waals surface area contributed by atoms with Gasteiger partial charge in [0.05, 0.1) is 24.2 Å². The fourth-order valence-corrected chi connectivity index (χ4v) is 5.26. The number of nitrogens with zero attached hydrogens (tertiary/aromatic N) is 3. The van der Waals surface area contributed by atoms with Crippen LogP contribution in [0.3, 0.4) is 0 Å². The summed E-state index contributed by atoms with van der Waals surface area (Å²) in [6, 6.07) is 10.8. The van der Waals surface area contributed by atoms with Crippen LogP contribution >= 0.6 is 0 Å². The van der Waals surface area contributed by atoms with Crippen LogP contribution in [0.4, 0.5) is 0 Å². The number of rotatable bonds is 8. The van der Waals surface area contributed by atoms with E-state index < -0.39 is 11.0 Å². The number of likely N-dealkylation sites (tertiary alicyclic amines) is 1. The van der Waals surface area contributed by atoms with E-state index in [1.807, 2.05) is 4.31 Å². The van der Waals surface area contributed by atoms with Gasteiger partial charge in [0.1, 0.15) is 0 Å². The van der Waals surface area contributed by atoms with Crippen molar-refractivity contribution in [2.45, 2.75) is 6.54 Å². The van der Waals surface area contributed by atoms with Gasteiger partial charge in [-0.25, -0.2) is 8.51 Å². The molecule has 1 aromatic carbocycles. The van der Waals surface area contributed by atoms with Crippen molar-refractivity contribution in [3.63, 3.8) is 0 Å². The molecular weight excluding hydrogens is 346 g/mol. The highest BCUT2D eigenvalue weighted by atomic mass is 32.2. The van der Waals surface area contributed by atoms with Crippen molar-refractivity contribution >= 4 is 11.0 Å². The Kier molecular flexibility index (Phi) is 6.06. The Balaban J connectivity index is 1.07. The summed E-state index contributed by atoms with van der Waals surface area (Å²) in [5, 5.41) is 0. The first-order valence-corrected chi connectivity index (χ1v) is 11.4. The Bertz CT molecular complexity index is 594. The molecule has 0 amide bonds. The van der Waals surface area contributed by atoms with E-state index in [9.17, 15) is 4.21 Å². The summed E-state index contributed by atoms with van der Waals surface area (Å²) >= 11 is 0. The quantitative estimate of drug-likeness (QED) is 0.640. The molecule has 2 saturated heterocycles. The molecule has 26 heavy (non-hydrogen) atoms. The van der Waals surface area contributed by atoms with Crippen LogP contribution in [0.1, 0.15) is 5.56 Å². The molecule has 0 spiro atoms. The molecule has 3 aliphatic rings. The van der Waals surface area contributed by atoms with E-state index in [0.717, 1.165) is 70.2 Å². The molecule has 0 N–H and O–H groups in total. The molecule has 0 radical (unpaired) electrons. The number of benzene rings is 1. The highest BCUT2D eigenvalue weighted by molar-refractivity contribution is 7.81. The van der Waals surface area contributed by atoms with E-state index in [-0.39, 0.29) is 0 Å². The minimum Gasteiger partial charge on any atom is -0.380 e. The van der Waals surface area contributed by atoms with Crippen molar-refractivity contribution in [3.8, 4) is 0 Å². The molecule has 3 unspecified atom stereocenters. The highest BCUT2D eigenvalue weighted by Crippen LogP contribution is 2.51. The van der Waals surface area contributed by atoms with E-state index in [1.54, 1.807) is 6.26 Å². The van der Waals surface area contributed by atoms with Crippen molar-refractivity contribution in [1.29, 1.82) is 0 Å². The van der Waals surface area contributed by atoms with Gasteiger partial charge in [-0.2, -0.15) is 0 Å². The standard InChI is InChI=1S/C20H31N3O2S/c1-26(24)23-9-7-21(8-10-23)11-12-25-16-20-18-14-22(15-19(18)20)13-17-5-3-2-4-6-17/h2-6,18-20H,7-16H2,1H3. The Morgan fingerprint density at radius 3 is 2.38 bits per heavy atom. The lowest BCUT2D eigenvalue weighted by atomic mass is 10.2.